The lowest BCUT2D eigenvalue weighted by Gasteiger charge is -2.09. The number of imide groups is 1. The molecule has 3 amide bonds. The molecule has 0 fully saturated rings. The normalized spacial score (nSPS) is 10.4. The molecule has 0 heterocycles. The number of esters is 1. The number of amides is 3. The van der Waals surface area contributed by atoms with Gasteiger partial charge in [0.15, 0.2) is 6.61 Å². The summed E-state index contributed by atoms with van der Waals surface area (Å²) >= 11 is 0. The van der Waals surface area contributed by atoms with Gasteiger partial charge in [0.1, 0.15) is 5.75 Å². The van der Waals surface area contributed by atoms with Crippen molar-refractivity contribution in [2.45, 2.75) is 13.8 Å². The number of para-hydroxylation sites is 1. The van der Waals surface area contributed by atoms with Crippen LogP contribution in [0.2, 0.25) is 0 Å². The third kappa shape index (κ3) is 6.28. The molecular weight excluding hydrogens is 360 g/mol. The average Bonchev–Trinajstić information content (AvgIpc) is 2.67. The Morgan fingerprint density at radius 3 is 2.54 bits per heavy atom. The molecule has 2 aromatic rings. The van der Waals surface area contributed by atoms with Crippen molar-refractivity contribution in [1.82, 2.24) is 5.32 Å². The molecule has 2 aromatic carbocycles. The molecular formula is C21H22N2O5. The van der Waals surface area contributed by atoms with Gasteiger partial charge in [0, 0.05) is 17.3 Å². The van der Waals surface area contributed by atoms with Crippen molar-refractivity contribution < 1.29 is 23.9 Å². The summed E-state index contributed by atoms with van der Waals surface area (Å²) in [5.41, 5.74) is 3.22. The maximum Gasteiger partial charge on any atom is 0.331 e. The van der Waals surface area contributed by atoms with E-state index in [9.17, 15) is 14.4 Å². The number of rotatable bonds is 6. The minimum Gasteiger partial charge on any atom is -0.496 e. The predicted molar refractivity (Wildman–Crippen MR) is 106 cm³/mol. The maximum absolute atomic E-state index is 11.9. The summed E-state index contributed by atoms with van der Waals surface area (Å²) in [7, 11) is 1.53. The van der Waals surface area contributed by atoms with E-state index in [0.717, 1.165) is 11.1 Å². The summed E-state index contributed by atoms with van der Waals surface area (Å²) in [6, 6.07) is 11.9. The molecule has 0 aliphatic carbocycles. The van der Waals surface area contributed by atoms with E-state index in [2.05, 4.69) is 10.6 Å². The summed E-state index contributed by atoms with van der Waals surface area (Å²) in [6.07, 6.45) is 2.70. The number of anilines is 1. The Labute approximate surface area is 163 Å². The molecule has 28 heavy (non-hydrogen) atoms. The number of urea groups is 1. The molecule has 2 N–H and O–H groups in total. The molecule has 0 unspecified atom stereocenters. The molecule has 0 aliphatic rings. The van der Waals surface area contributed by atoms with Crippen LogP contribution in [0, 0.1) is 13.8 Å². The van der Waals surface area contributed by atoms with Crippen LogP contribution in [-0.4, -0.2) is 31.6 Å². The molecule has 0 saturated carbocycles. The van der Waals surface area contributed by atoms with Crippen molar-refractivity contribution in [3.05, 3.63) is 65.2 Å². The zero-order chi connectivity index (χ0) is 20.5. The number of carbonyl (C=O) groups excluding carboxylic acids is 3. The first-order valence-electron chi connectivity index (χ1n) is 8.55. The third-order valence-corrected chi connectivity index (χ3v) is 3.77. The summed E-state index contributed by atoms with van der Waals surface area (Å²) in [4.78, 5) is 35.4. The van der Waals surface area contributed by atoms with Gasteiger partial charge in [-0.05, 0) is 37.6 Å². The quantitative estimate of drug-likeness (QED) is 0.591. The van der Waals surface area contributed by atoms with Gasteiger partial charge in [-0.1, -0.05) is 35.9 Å². The zero-order valence-corrected chi connectivity index (χ0v) is 15.9. The number of hydrogen-bond donors (Lipinski definition) is 2. The van der Waals surface area contributed by atoms with Gasteiger partial charge in [0.2, 0.25) is 0 Å². The molecule has 7 nitrogen and oxygen atoms in total. The van der Waals surface area contributed by atoms with Gasteiger partial charge in [-0.2, -0.15) is 0 Å². The number of benzene rings is 2. The van der Waals surface area contributed by atoms with E-state index in [1.165, 1.54) is 19.3 Å². The van der Waals surface area contributed by atoms with Crippen LogP contribution < -0.4 is 15.4 Å². The van der Waals surface area contributed by atoms with Gasteiger partial charge in [0.05, 0.1) is 7.11 Å². The Morgan fingerprint density at radius 2 is 1.82 bits per heavy atom. The zero-order valence-electron chi connectivity index (χ0n) is 15.9. The van der Waals surface area contributed by atoms with E-state index in [4.69, 9.17) is 9.47 Å². The molecule has 0 aromatic heterocycles. The van der Waals surface area contributed by atoms with Crippen molar-refractivity contribution in [1.29, 1.82) is 0 Å². The summed E-state index contributed by atoms with van der Waals surface area (Å²) < 4.78 is 10.0. The van der Waals surface area contributed by atoms with Gasteiger partial charge in [-0.3, -0.25) is 10.1 Å². The number of carbonyl (C=O) groups is 3. The lowest BCUT2D eigenvalue weighted by Crippen LogP contribution is -2.37. The number of hydrogen-bond acceptors (Lipinski definition) is 5. The van der Waals surface area contributed by atoms with Gasteiger partial charge < -0.3 is 14.8 Å². The predicted octanol–water partition coefficient (Wildman–Crippen LogP) is 3.22. The number of nitrogens with one attached hydrogen (secondary N) is 2. The van der Waals surface area contributed by atoms with Crippen LogP contribution in [0.15, 0.2) is 48.5 Å². The minimum absolute atomic E-state index is 0.574. The van der Waals surface area contributed by atoms with Crippen molar-refractivity contribution in [3.63, 3.8) is 0 Å². The van der Waals surface area contributed by atoms with Crippen molar-refractivity contribution >= 4 is 29.7 Å². The second-order valence-corrected chi connectivity index (χ2v) is 6.00. The van der Waals surface area contributed by atoms with Crippen molar-refractivity contribution in [2.24, 2.45) is 0 Å². The third-order valence-electron chi connectivity index (χ3n) is 3.77. The van der Waals surface area contributed by atoms with Crippen LogP contribution in [0.5, 0.6) is 5.75 Å². The smallest absolute Gasteiger partial charge is 0.331 e. The molecule has 7 heteroatoms. The molecule has 0 bridgehead atoms. The molecule has 0 spiro atoms. The van der Waals surface area contributed by atoms with Crippen LogP contribution >= 0.6 is 0 Å². The Balaban J connectivity index is 1.80. The van der Waals surface area contributed by atoms with Crippen LogP contribution in [0.3, 0.4) is 0 Å². The topological polar surface area (TPSA) is 93.7 Å². The second kappa shape index (κ2) is 9.91. The standard InChI is InChI=1S/C21H22N2O5/c1-14-8-10-17(15(2)12-14)22-21(26)23-19(24)13-28-20(25)11-9-16-6-4-5-7-18(16)27-3/h4-12H,13H2,1-3H3,(H2,22,23,24,26)/b11-9+. The van der Waals surface area contributed by atoms with Crippen molar-refractivity contribution in [3.8, 4) is 5.75 Å². The largest absolute Gasteiger partial charge is 0.496 e. The highest BCUT2D eigenvalue weighted by molar-refractivity contribution is 6.02. The van der Waals surface area contributed by atoms with E-state index >= 15 is 0 Å². The molecule has 0 aliphatic heterocycles. The van der Waals surface area contributed by atoms with Gasteiger partial charge >= 0.3 is 12.0 Å². The SMILES string of the molecule is COc1ccccc1/C=C/C(=O)OCC(=O)NC(=O)Nc1ccc(C)cc1C. The van der Waals surface area contributed by atoms with Crippen LogP contribution in [0.4, 0.5) is 10.5 Å². The Bertz CT molecular complexity index is 905. The highest BCUT2D eigenvalue weighted by Gasteiger charge is 2.11. The van der Waals surface area contributed by atoms with Gasteiger partial charge in [0.25, 0.3) is 5.91 Å². The summed E-state index contributed by atoms with van der Waals surface area (Å²) in [5.74, 6) is -0.843. The fraction of sp³-hybridized carbons (Fsp3) is 0.190. The molecule has 0 saturated heterocycles. The molecule has 0 radical (unpaired) electrons. The summed E-state index contributed by atoms with van der Waals surface area (Å²) in [5, 5.41) is 4.68. The first kappa shape index (κ1) is 20.7. The lowest BCUT2D eigenvalue weighted by atomic mass is 10.1. The second-order valence-electron chi connectivity index (χ2n) is 6.00. The minimum atomic E-state index is -0.735. The fourth-order valence-corrected chi connectivity index (χ4v) is 2.42. The van der Waals surface area contributed by atoms with Crippen LogP contribution in [-0.2, 0) is 14.3 Å². The highest BCUT2D eigenvalue weighted by atomic mass is 16.5. The van der Waals surface area contributed by atoms with Crippen LogP contribution in [0.1, 0.15) is 16.7 Å². The monoisotopic (exact) mass is 382 g/mol. The van der Waals surface area contributed by atoms with Gasteiger partial charge in [-0.15, -0.1) is 0 Å². The molecule has 146 valence electrons. The highest BCUT2D eigenvalue weighted by Crippen LogP contribution is 2.18. The number of aryl methyl sites for hydroxylation is 2. The Hall–Kier alpha value is -3.61. The fourth-order valence-electron chi connectivity index (χ4n) is 2.42. The van der Waals surface area contributed by atoms with E-state index in [0.29, 0.717) is 17.0 Å². The lowest BCUT2D eigenvalue weighted by molar-refractivity contribution is -0.143. The Kier molecular flexibility index (Phi) is 7.33. The summed E-state index contributed by atoms with van der Waals surface area (Å²) in [6.45, 7) is 3.22. The van der Waals surface area contributed by atoms with Crippen molar-refractivity contribution in [2.75, 3.05) is 19.0 Å². The maximum atomic E-state index is 11.9. The number of ether oxygens (including phenoxy) is 2. The first-order chi connectivity index (χ1) is 13.4. The van der Waals surface area contributed by atoms with E-state index in [1.54, 1.807) is 24.3 Å². The molecule has 2 rings (SSSR count). The van der Waals surface area contributed by atoms with E-state index in [-0.39, 0.29) is 0 Å². The van der Waals surface area contributed by atoms with E-state index in [1.807, 2.05) is 32.0 Å². The van der Waals surface area contributed by atoms with Crippen LogP contribution in [0.25, 0.3) is 6.08 Å². The first-order valence-corrected chi connectivity index (χ1v) is 8.55. The number of methoxy groups -OCH3 is 1. The average molecular weight is 382 g/mol. The Morgan fingerprint density at radius 1 is 1.07 bits per heavy atom. The molecule has 0 atom stereocenters. The van der Waals surface area contributed by atoms with Gasteiger partial charge in [-0.25, -0.2) is 9.59 Å². The van der Waals surface area contributed by atoms with E-state index < -0.39 is 24.5 Å².